The highest BCUT2D eigenvalue weighted by Crippen LogP contribution is 2.27. The minimum atomic E-state index is -3.21. The summed E-state index contributed by atoms with van der Waals surface area (Å²) in [5.74, 6) is 0. The molecule has 0 radical (unpaired) electrons. The summed E-state index contributed by atoms with van der Waals surface area (Å²) in [5, 5.41) is 10.5. The molecular weight excluding hydrogens is 380 g/mol. The van der Waals surface area contributed by atoms with Gasteiger partial charge in [-0.1, -0.05) is 19.1 Å². The zero-order chi connectivity index (χ0) is 20.1. The molecule has 28 heavy (non-hydrogen) atoms. The van der Waals surface area contributed by atoms with Crippen LogP contribution in [0.2, 0.25) is 0 Å². The molecule has 158 valence electrons. The minimum Gasteiger partial charge on any atom is -0.365 e. The number of piperazine rings is 1. The second-order valence-corrected chi connectivity index (χ2v) is 9.50. The summed E-state index contributed by atoms with van der Waals surface area (Å²) in [4.78, 5) is 2.66. The van der Waals surface area contributed by atoms with Crippen LogP contribution in [0.5, 0.6) is 0 Å². The van der Waals surface area contributed by atoms with E-state index in [9.17, 15) is 8.42 Å². The number of sulfone groups is 1. The lowest BCUT2D eigenvalue weighted by Gasteiger charge is -2.45. The van der Waals surface area contributed by atoms with Gasteiger partial charge in [0.05, 0.1) is 30.4 Å². The highest BCUT2D eigenvalue weighted by atomic mass is 32.2. The molecule has 9 heteroatoms. The molecule has 2 aliphatic rings. The van der Waals surface area contributed by atoms with Crippen molar-refractivity contribution in [3.8, 4) is 0 Å². The van der Waals surface area contributed by atoms with Crippen molar-refractivity contribution in [1.82, 2.24) is 20.9 Å². The summed E-state index contributed by atoms with van der Waals surface area (Å²) in [6.07, 6.45) is 2.24. The molecule has 0 saturated carbocycles. The Balaban J connectivity index is 1.76. The molecule has 8 nitrogen and oxygen atoms in total. The lowest BCUT2D eigenvalue weighted by atomic mass is 10.0. The Bertz CT molecular complexity index is 722. The van der Waals surface area contributed by atoms with Crippen molar-refractivity contribution in [3.63, 3.8) is 0 Å². The van der Waals surface area contributed by atoms with Crippen LogP contribution in [0, 0.1) is 0 Å². The number of rotatable bonds is 8. The van der Waals surface area contributed by atoms with Gasteiger partial charge in [-0.15, -0.1) is 0 Å². The van der Waals surface area contributed by atoms with E-state index in [1.807, 2.05) is 12.1 Å². The Labute approximate surface area is 167 Å². The van der Waals surface area contributed by atoms with E-state index in [-0.39, 0.29) is 18.4 Å². The largest absolute Gasteiger partial charge is 0.365 e. The van der Waals surface area contributed by atoms with Crippen LogP contribution in [0.3, 0.4) is 0 Å². The highest BCUT2D eigenvalue weighted by molar-refractivity contribution is 7.90. The van der Waals surface area contributed by atoms with Gasteiger partial charge in [0.1, 0.15) is 6.23 Å². The Morgan fingerprint density at radius 3 is 2.64 bits per heavy atom. The topological polar surface area (TPSA) is 91.9 Å². The van der Waals surface area contributed by atoms with Crippen molar-refractivity contribution in [3.05, 3.63) is 29.8 Å². The Kier molecular flexibility index (Phi) is 7.43. The lowest BCUT2D eigenvalue weighted by molar-refractivity contribution is -0.0894. The van der Waals surface area contributed by atoms with Crippen molar-refractivity contribution < 1.29 is 17.9 Å². The van der Waals surface area contributed by atoms with Gasteiger partial charge in [-0.05, 0) is 24.1 Å². The fourth-order valence-electron chi connectivity index (χ4n) is 3.85. The third kappa shape index (κ3) is 5.29. The van der Waals surface area contributed by atoms with E-state index in [1.54, 1.807) is 19.2 Å². The summed E-state index contributed by atoms with van der Waals surface area (Å²) in [7, 11) is -1.49. The number of nitrogens with one attached hydrogen (secondary N) is 3. The number of hydrogen-bond acceptors (Lipinski definition) is 8. The van der Waals surface area contributed by atoms with Crippen molar-refractivity contribution in [1.29, 1.82) is 0 Å². The lowest BCUT2D eigenvalue weighted by Crippen LogP contribution is -2.63. The normalized spacial score (nSPS) is 29.2. The molecule has 3 N–H and O–H groups in total. The average Bonchev–Trinajstić information content (AvgIpc) is 3.19. The smallest absolute Gasteiger partial charge is 0.175 e. The molecule has 2 aliphatic heterocycles. The zero-order valence-electron chi connectivity index (χ0n) is 16.8. The fraction of sp³-hybridized carbons (Fsp3) is 0.684. The molecule has 0 aromatic heterocycles. The van der Waals surface area contributed by atoms with Gasteiger partial charge < -0.3 is 9.47 Å². The van der Waals surface area contributed by atoms with Crippen LogP contribution in [0.1, 0.15) is 24.9 Å². The SMILES string of the molecule is CCCN1CC(NCC2COCN2)NC(c2ccc(S(C)(=O)=O)cc2)C1OC. The van der Waals surface area contributed by atoms with Crippen molar-refractivity contribution >= 4 is 9.84 Å². The van der Waals surface area contributed by atoms with Crippen LogP contribution in [-0.2, 0) is 19.3 Å². The van der Waals surface area contributed by atoms with Gasteiger partial charge >= 0.3 is 0 Å². The van der Waals surface area contributed by atoms with E-state index in [1.165, 1.54) is 6.26 Å². The van der Waals surface area contributed by atoms with Gasteiger partial charge in [0.25, 0.3) is 0 Å². The van der Waals surface area contributed by atoms with Gasteiger partial charge in [-0.2, -0.15) is 0 Å². The van der Waals surface area contributed by atoms with Gasteiger partial charge in [0.15, 0.2) is 9.84 Å². The summed E-state index contributed by atoms with van der Waals surface area (Å²) < 4.78 is 34.7. The molecule has 0 amide bonds. The van der Waals surface area contributed by atoms with E-state index in [0.717, 1.165) is 38.2 Å². The molecule has 0 spiro atoms. The number of nitrogens with zero attached hydrogens (tertiary/aromatic N) is 1. The van der Waals surface area contributed by atoms with Gasteiger partial charge in [0.2, 0.25) is 0 Å². The maximum Gasteiger partial charge on any atom is 0.175 e. The first-order chi connectivity index (χ1) is 13.4. The molecule has 3 rings (SSSR count). The predicted molar refractivity (Wildman–Crippen MR) is 108 cm³/mol. The number of hydrogen-bond donors (Lipinski definition) is 3. The monoisotopic (exact) mass is 412 g/mol. The summed E-state index contributed by atoms with van der Waals surface area (Å²) in [6, 6.07) is 7.33. The summed E-state index contributed by atoms with van der Waals surface area (Å²) >= 11 is 0. The Hall–Kier alpha value is -1.07. The highest BCUT2D eigenvalue weighted by Gasteiger charge is 2.36. The maximum absolute atomic E-state index is 11.8. The molecule has 1 aromatic rings. The molecular formula is C19H32N4O4S. The molecule has 0 aliphatic carbocycles. The minimum absolute atomic E-state index is 0.0656. The van der Waals surface area contributed by atoms with E-state index in [2.05, 4.69) is 27.8 Å². The third-order valence-electron chi connectivity index (χ3n) is 5.27. The van der Waals surface area contributed by atoms with E-state index >= 15 is 0 Å². The van der Waals surface area contributed by atoms with Crippen LogP contribution < -0.4 is 16.0 Å². The molecule has 2 heterocycles. The standard InChI is InChI=1S/C19H32N4O4S/c1-4-9-23-11-17(20-10-15-12-27-13-21-15)22-18(19(23)26-2)14-5-7-16(8-6-14)28(3,24)25/h5-8,15,17-22H,4,9-13H2,1-3H3. The van der Waals surface area contributed by atoms with Crippen molar-refractivity contribution in [2.75, 3.05) is 46.3 Å². The number of benzene rings is 1. The quantitative estimate of drug-likeness (QED) is 0.561. The molecule has 2 saturated heterocycles. The van der Waals surface area contributed by atoms with Crippen molar-refractivity contribution in [2.24, 2.45) is 0 Å². The average molecular weight is 413 g/mol. The van der Waals surface area contributed by atoms with Crippen LogP contribution in [0.4, 0.5) is 0 Å². The number of ether oxygens (including phenoxy) is 2. The van der Waals surface area contributed by atoms with Gasteiger partial charge in [-0.25, -0.2) is 8.42 Å². The molecule has 1 aromatic carbocycles. The van der Waals surface area contributed by atoms with Crippen LogP contribution in [0.25, 0.3) is 0 Å². The number of methoxy groups -OCH3 is 1. The molecule has 4 unspecified atom stereocenters. The van der Waals surface area contributed by atoms with Crippen molar-refractivity contribution in [2.45, 2.75) is 42.7 Å². The second-order valence-electron chi connectivity index (χ2n) is 7.48. The Morgan fingerprint density at radius 2 is 2.07 bits per heavy atom. The third-order valence-corrected chi connectivity index (χ3v) is 6.39. The Morgan fingerprint density at radius 1 is 1.32 bits per heavy atom. The van der Waals surface area contributed by atoms with Gasteiger partial charge in [0, 0.05) is 39.0 Å². The van der Waals surface area contributed by atoms with Gasteiger partial charge in [-0.3, -0.25) is 20.9 Å². The maximum atomic E-state index is 11.8. The van der Waals surface area contributed by atoms with Crippen LogP contribution in [-0.4, -0.2) is 78.1 Å². The predicted octanol–water partition coefficient (Wildman–Crippen LogP) is 0.281. The van der Waals surface area contributed by atoms with Crippen LogP contribution in [0.15, 0.2) is 29.2 Å². The second kappa shape index (κ2) is 9.62. The van der Waals surface area contributed by atoms with E-state index < -0.39 is 9.84 Å². The zero-order valence-corrected chi connectivity index (χ0v) is 17.7. The molecule has 4 atom stereocenters. The first-order valence-electron chi connectivity index (χ1n) is 9.79. The molecule has 2 fully saturated rings. The summed E-state index contributed by atoms with van der Waals surface area (Å²) in [6.45, 7) is 6.06. The van der Waals surface area contributed by atoms with E-state index in [4.69, 9.17) is 9.47 Å². The first kappa shape index (κ1) is 21.6. The first-order valence-corrected chi connectivity index (χ1v) is 11.7. The molecule has 0 bridgehead atoms. The summed E-state index contributed by atoms with van der Waals surface area (Å²) in [5.41, 5.74) is 1.01. The van der Waals surface area contributed by atoms with E-state index in [0.29, 0.717) is 17.7 Å². The van der Waals surface area contributed by atoms with Crippen LogP contribution >= 0.6 is 0 Å². The fourth-order valence-corrected chi connectivity index (χ4v) is 4.48.